The second-order valence-corrected chi connectivity index (χ2v) is 5.79. The van der Waals surface area contributed by atoms with Crippen LogP contribution in [0.15, 0.2) is 28.1 Å². The lowest BCUT2D eigenvalue weighted by atomic mass is 9.96. The average Bonchev–Trinajstić information content (AvgIpc) is 2.92. The van der Waals surface area contributed by atoms with Crippen molar-refractivity contribution in [2.75, 3.05) is 13.1 Å². The minimum Gasteiger partial charge on any atom is -0.351 e. The predicted molar refractivity (Wildman–Crippen MR) is 86.6 cm³/mol. The Labute approximate surface area is 128 Å². The molecule has 0 bridgehead atoms. The predicted octanol–water partition coefficient (Wildman–Crippen LogP) is 2.41. The number of hydrogen-bond donors (Lipinski definition) is 2. The molecule has 2 N–H and O–H groups in total. The molecule has 2 rings (SSSR count). The van der Waals surface area contributed by atoms with Gasteiger partial charge in [-0.15, -0.1) is 0 Å². The standard InChI is InChI=1S/C14H19N3OS2/c1-4-17(5-2)13(18)11-9(3)15-14(19)16-12(11)10-6-7-20-8-10/h6-8,12H,4-5H2,1-3H3,(H2,15,16,19)/t12-/m1/s1. The topological polar surface area (TPSA) is 44.4 Å². The maximum atomic E-state index is 12.7. The first-order valence-corrected chi connectivity index (χ1v) is 8.03. The molecule has 0 aliphatic carbocycles. The van der Waals surface area contributed by atoms with Gasteiger partial charge in [0.2, 0.25) is 0 Å². The van der Waals surface area contributed by atoms with Crippen LogP contribution in [0.1, 0.15) is 32.4 Å². The molecule has 0 radical (unpaired) electrons. The van der Waals surface area contributed by atoms with Crippen LogP contribution in [-0.4, -0.2) is 29.0 Å². The Morgan fingerprint density at radius 1 is 1.45 bits per heavy atom. The fourth-order valence-electron chi connectivity index (χ4n) is 2.35. The van der Waals surface area contributed by atoms with Crippen molar-refractivity contribution in [1.29, 1.82) is 0 Å². The zero-order chi connectivity index (χ0) is 14.7. The van der Waals surface area contributed by atoms with Crippen molar-refractivity contribution in [1.82, 2.24) is 15.5 Å². The van der Waals surface area contributed by atoms with Crippen LogP contribution in [0.3, 0.4) is 0 Å². The summed E-state index contributed by atoms with van der Waals surface area (Å²) in [5, 5.41) is 10.9. The van der Waals surface area contributed by atoms with Crippen molar-refractivity contribution in [2.24, 2.45) is 0 Å². The molecule has 1 aliphatic heterocycles. The van der Waals surface area contributed by atoms with Gasteiger partial charge in [-0.3, -0.25) is 4.79 Å². The number of thiophene rings is 1. The lowest BCUT2D eigenvalue weighted by Gasteiger charge is -2.32. The number of amides is 1. The molecule has 0 saturated carbocycles. The lowest BCUT2D eigenvalue weighted by molar-refractivity contribution is -0.127. The highest BCUT2D eigenvalue weighted by molar-refractivity contribution is 7.80. The van der Waals surface area contributed by atoms with Crippen LogP contribution in [0, 0.1) is 0 Å². The number of allylic oxidation sites excluding steroid dienone is 1. The van der Waals surface area contributed by atoms with Gasteiger partial charge in [-0.2, -0.15) is 11.3 Å². The van der Waals surface area contributed by atoms with E-state index in [2.05, 4.69) is 10.6 Å². The smallest absolute Gasteiger partial charge is 0.253 e. The first-order valence-electron chi connectivity index (χ1n) is 6.68. The number of likely N-dealkylation sites (N-methyl/N-ethyl adjacent to an activating group) is 1. The van der Waals surface area contributed by atoms with E-state index in [9.17, 15) is 4.79 Å². The first kappa shape index (κ1) is 15.0. The highest BCUT2D eigenvalue weighted by Crippen LogP contribution is 2.29. The van der Waals surface area contributed by atoms with Crippen LogP contribution < -0.4 is 10.6 Å². The third-order valence-corrected chi connectivity index (χ3v) is 4.35. The highest BCUT2D eigenvalue weighted by atomic mass is 32.1. The van der Waals surface area contributed by atoms with Gasteiger partial charge in [0.05, 0.1) is 11.6 Å². The van der Waals surface area contributed by atoms with E-state index < -0.39 is 0 Å². The number of nitrogens with zero attached hydrogens (tertiary/aromatic N) is 1. The first-order chi connectivity index (χ1) is 9.58. The summed E-state index contributed by atoms with van der Waals surface area (Å²) < 4.78 is 0. The van der Waals surface area contributed by atoms with E-state index in [0.29, 0.717) is 18.2 Å². The van der Waals surface area contributed by atoms with Crippen LogP contribution in [0.4, 0.5) is 0 Å². The van der Waals surface area contributed by atoms with Crippen molar-refractivity contribution < 1.29 is 4.79 Å². The second-order valence-electron chi connectivity index (χ2n) is 4.60. The van der Waals surface area contributed by atoms with Crippen LogP contribution in [0.25, 0.3) is 0 Å². The molecule has 6 heteroatoms. The van der Waals surface area contributed by atoms with E-state index in [0.717, 1.165) is 16.8 Å². The summed E-state index contributed by atoms with van der Waals surface area (Å²) in [5.74, 6) is 0.0613. The van der Waals surface area contributed by atoms with E-state index in [4.69, 9.17) is 12.2 Å². The number of carbonyl (C=O) groups excluding carboxylic acids is 1. The van der Waals surface area contributed by atoms with E-state index in [-0.39, 0.29) is 11.9 Å². The van der Waals surface area contributed by atoms with Gasteiger partial charge in [-0.05, 0) is 55.4 Å². The SMILES string of the molecule is CCN(CC)C(=O)C1=C(C)NC(=S)N[C@@H]1c1ccsc1. The monoisotopic (exact) mass is 309 g/mol. The normalized spacial score (nSPS) is 18.6. The maximum absolute atomic E-state index is 12.7. The zero-order valence-electron chi connectivity index (χ0n) is 11.9. The van der Waals surface area contributed by atoms with Gasteiger partial charge >= 0.3 is 0 Å². The Morgan fingerprint density at radius 3 is 2.70 bits per heavy atom. The van der Waals surface area contributed by atoms with Gasteiger partial charge in [0, 0.05) is 18.8 Å². The molecule has 1 amide bonds. The third-order valence-electron chi connectivity index (χ3n) is 3.43. The Balaban J connectivity index is 2.41. The van der Waals surface area contributed by atoms with Gasteiger partial charge in [-0.25, -0.2) is 0 Å². The summed E-state index contributed by atoms with van der Waals surface area (Å²) in [7, 11) is 0. The molecule has 1 atom stereocenters. The Bertz CT molecular complexity index is 533. The summed E-state index contributed by atoms with van der Waals surface area (Å²) in [6, 6.07) is 1.86. The van der Waals surface area contributed by atoms with E-state index in [1.54, 1.807) is 11.3 Å². The molecule has 2 heterocycles. The molecule has 1 aromatic heterocycles. The van der Waals surface area contributed by atoms with E-state index >= 15 is 0 Å². The molecule has 0 fully saturated rings. The molecular weight excluding hydrogens is 290 g/mol. The molecule has 1 aromatic rings. The molecule has 0 saturated heterocycles. The Kier molecular flexibility index (Phi) is 4.77. The molecule has 1 aliphatic rings. The van der Waals surface area contributed by atoms with Crippen molar-refractivity contribution in [3.8, 4) is 0 Å². The number of hydrogen-bond acceptors (Lipinski definition) is 3. The molecule has 20 heavy (non-hydrogen) atoms. The molecule has 0 spiro atoms. The lowest BCUT2D eigenvalue weighted by Crippen LogP contribution is -2.47. The van der Waals surface area contributed by atoms with Gasteiger partial charge in [0.1, 0.15) is 0 Å². The van der Waals surface area contributed by atoms with Gasteiger partial charge in [0.15, 0.2) is 5.11 Å². The molecular formula is C14H19N3OS2. The third kappa shape index (κ3) is 2.86. The zero-order valence-corrected chi connectivity index (χ0v) is 13.5. The minimum absolute atomic E-state index is 0.0613. The van der Waals surface area contributed by atoms with E-state index in [1.165, 1.54) is 0 Å². The summed E-state index contributed by atoms with van der Waals surface area (Å²) in [6.45, 7) is 7.29. The average molecular weight is 309 g/mol. The van der Waals surface area contributed by atoms with Crippen LogP contribution in [-0.2, 0) is 4.79 Å². The van der Waals surface area contributed by atoms with Crippen molar-refractivity contribution >= 4 is 34.6 Å². The number of carbonyl (C=O) groups is 1. The van der Waals surface area contributed by atoms with Gasteiger partial charge in [-0.1, -0.05) is 0 Å². The second kappa shape index (κ2) is 6.37. The van der Waals surface area contributed by atoms with Crippen molar-refractivity contribution in [3.63, 3.8) is 0 Å². The number of rotatable bonds is 4. The highest BCUT2D eigenvalue weighted by Gasteiger charge is 2.31. The summed E-state index contributed by atoms with van der Waals surface area (Å²) >= 11 is 6.84. The molecule has 0 unspecified atom stereocenters. The van der Waals surface area contributed by atoms with Crippen LogP contribution in [0.2, 0.25) is 0 Å². The largest absolute Gasteiger partial charge is 0.351 e. The van der Waals surface area contributed by atoms with Crippen LogP contribution in [0.5, 0.6) is 0 Å². The summed E-state index contributed by atoms with van der Waals surface area (Å²) in [6.07, 6.45) is 0. The molecule has 0 aromatic carbocycles. The van der Waals surface area contributed by atoms with Crippen molar-refractivity contribution in [2.45, 2.75) is 26.8 Å². The van der Waals surface area contributed by atoms with Gasteiger partial charge in [0.25, 0.3) is 5.91 Å². The summed E-state index contributed by atoms with van der Waals surface area (Å²) in [5.41, 5.74) is 2.66. The fourth-order valence-corrected chi connectivity index (χ4v) is 3.30. The Hall–Kier alpha value is -1.40. The van der Waals surface area contributed by atoms with Crippen LogP contribution >= 0.6 is 23.6 Å². The van der Waals surface area contributed by atoms with Gasteiger partial charge < -0.3 is 15.5 Å². The quantitative estimate of drug-likeness (QED) is 0.839. The number of nitrogens with one attached hydrogen (secondary N) is 2. The molecule has 108 valence electrons. The molecule has 4 nitrogen and oxygen atoms in total. The van der Waals surface area contributed by atoms with E-state index in [1.807, 2.05) is 42.5 Å². The minimum atomic E-state index is -0.164. The van der Waals surface area contributed by atoms with Crippen molar-refractivity contribution in [3.05, 3.63) is 33.7 Å². The maximum Gasteiger partial charge on any atom is 0.253 e. The fraction of sp³-hybridized carbons (Fsp3) is 0.429. The number of thiocarbonyl (C=S) groups is 1. The summed E-state index contributed by atoms with van der Waals surface area (Å²) in [4.78, 5) is 14.6. The Morgan fingerprint density at radius 2 is 2.15 bits per heavy atom.